The van der Waals surface area contributed by atoms with Crippen molar-refractivity contribution in [1.82, 2.24) is 4.90 Å². The van der Waals surface area contributed by atoms with Gasteiger partial charge in [-0.25, -0.2) is 4.79 Å². The normalized spacial score (nSPS) is 14.0. The molecule has 3 amide bonds. The molecular weight excluding hydrogens is 416 g/mol. The summed E-state index contributed by atoms with van der Waals surface area (Å²) in [5, 5.41) is 2.60. The third kappa shape index (κ3) is 4.27. The number of anilines is 1. The number of carbonyl (C=O) groups is 4. The van der Waals surface area contributed by atoms with Crippen LogP contribution < -0.4 is 14.8 Å². The standard InChI is InChI=1S/C23H22N2O7/c1-13(2)7-8-25-21(27)16-5-3-14(9-17(16)22(25)28)23(29)30-11-20(26)24-15-4-6-18-19(10-15)32-12-31-18/h3-6,9-10,13H,7-8,11-12H2,1-2H3,(H,24,26). The van der Waals surface area contributed by atoms with Crippen molar-refractivity contribution in [3.05, 3.63) is 53.1 Å². The predicted molar refractivity (Wildman–Crippen MR) is 113 cm³/mol. The first-order valence-electron chi connectivity index (χ1n) is 10.2. The zero-order chi connectivity index (χ0) is 22.8. The fourth-order valence-electron chi connectivity index (χ4n) is 3.39. The van der Waals surface area contributed by atoms with Gasteiger partial charge < -0.3 is 19.5 Å². The molecule has 0 fully saturated rings. The summed E-state index contributed by atoms with van der Waals surface area (Å²) in [5.74, 6) is -0.663. The van der Waals surface area contributed by atoms with Gasteiger partial charge in [0.1, 0.15) is 0 Å². The molecule has 9 nitrogen and oxygen atoms in total. The van der Waals surface area contributed by atoms with Gasteiger partial charge in [0.25, 0.3) is 17.7 Å². The molecule has 2 aliphatic rings. The minimum Gasteiger partial charge on any atom is -0.454 e. The second kappa shape index (κ2) is 8.70. The van der Waals surface area contributed by atoms with Gasteiger partial charge in [-0.1, -0.05) is 13.8 Å². The number of carbonyl (C=O) groups excluding carboxylic acids is 4. The van der Waals surface area contributed by atoms with Crippen LogP contribution >= 0.6 is 0 Å². The molecule has 9 heteroatoms. The average Bonchev–Trinajstić information content (AvgIpc) is 3.33. The number of esters is 1. The molecule has 2 aromatic rings. The average molecular weight is 438 g/mol. The molecule has 0 atom stereocenters. The Labute approximate surface area is 184 Å². The van der Waals surface area contributed by atoms with Crippen LogP contribution in [-0.4, -0.2) is 48.5 Å². The highest BCUT2D eigenvalue weighted by Crippen LogP contribution is 2.34. The maximum atomic E-state index is 12.6. The first-order valence-corrected chi connectivity index (χ1v) is 10.2. The number of ether oxygens (including phenoxy) is 3. The molecule has 0 bridgehead atoms. The first-order chi connectivity index (χ1) is 15.3. The number of amides is 3. The molecule has 0 aromatic heterocycles. The molecule has 2 aromatic carbocycles. The van der Waals surface area contributed by atoms with Crippen LogP contribution in [0.4, 0.5) is 5.69 Å². The van der Waals surface area contributed by atoms with Crippen LogP contribution in [0.1, 0.15) is 51.3 Å². The van der Waals surface area contributed by atoms with Gasteiger partial charge in [-0.15, -0.1) is 0 Å². The number of nitrogens with zero attached hydrogens (tertiary/aromatic N) is 1. The highest BCUT2D eigenvalue weighted by Gasteiger charge is 2.35. The van der Waals surface area contributed by atoms with Crippen molar-refractivity contribution in [3.63, 3.8) is 0 Å². The van der Waals surface area contributed by atoms with Crippen LogP contribution in [0, 0.1) is 5.92 Å². The second-order valence-electron chi connectivity index (χ2n) is 7.90. The molecule has 32 heavy (non-hydrogen) atoms. The quantitative estimate of drug-likeness (QED) is 0.523. The third-order valence-electron chi connectivity index (χ3n) is 5.13. The Kier molecular flexibility index (Phi) is 5.81. The van der Waals surface area contributed by atoms with Crippen molar-refractivity contribution in [1.29, 1.82) is 0 Å². The van der Waals surface area contributed by atoms with Gasteiger partial charge in [0.2, 0.25) is 6.79 Å². The highest BCUT2D eigenvalue weighted by atomic mass is 16.7. The van der Waals surface area contributed by atoms with Crippen LogP contribution in [-0.2, 0) is 9.53 Å². The van der Waals surface area contributed by atoms with Gasteiger partial charge in [0.15, 0.2) is 18.1 Å². The van der Waals surface area contributed by atoms with E-state index in [4.69, 9.17) is 14.2 Å². The summed E-state index contributed by atoms with van der Waals surface area (Å²) in [7, 11) is 0. The van der Waals surface area contributed by atoms with E-state index in [1.807, 2.05) is 13.8 Å². The lowest BCUT2D eigenvalue weighted by Crippen LogP contribution is -2.31. The van der Waals surface area contributed by atoms with Crippen LogP contribution in [0.25, 0.3) is 0 Å². The summed E-state index contributed by atoms with van der Waals surface area (Å²) >= 11 is 0. The second-order valence-corrected chi connectivity index (χ2v) is 7.90. The van der Waals surface area contributed by atoms with Gasteiger partial charge in [0, 0.05) is 18.3 Å². The Morgan fingerprint density at radius 1 is 1.03 bits per heavy atom. The number of benzene rings is 2. The molecular formula is C23H22N2O7. The third-order valence-corrected chi connectivity index (χ3v) is 5.13. The van der Waals surface area contributed by atoms with E-state index in [0.29, 0.717) is 36.1 Å². The molecule has 0 spiro atoms. The van der Waals surface area contributed by atoms with E-state index in [-0.39, 0.29) is 29.4 Å². The van der Waals surface area contributed by atoms with Crippen LogP contribution in [0.15, 0.2) is 36.4 Å². The first kappa shape index (κ1) is 21.4. The van der Waals surface area contributed by atoms with E-state index < -0.39 is 24.4 Å². The Morgan fingerprint density at radius 2 is 1.78 bits per heavy atom. The summed E-state index contributed by atoms with van der Waals surface area (Å²) in [4.78, 5) is 50.8. The van der Waals surface area contributed by atoms with Crippen molar-refractivity contribution < 1.29 is 33.4 Å². The molecule has 2 heterocycles. The van der Waals surface area contributed by atoms with Gasteiger partial charge >= 0.3 is 5.97 Å². The number of fused-ring (bicyclic) bond motifs is 2. The molecule has 1 N–H and O–H groups in total. The molecule has 0 radical (unpaired) electrons. The lowest BCUT2D eigenvalue weighted by molar-refractivity contribution is -0.119. The van der Waals surface area contributed by atoms with Crippen LogP contribution in [0.3, 0.4) is 0 Å². The van der Waals surface area contributed by atoms with E-state index >= 15 is 0 Å². The smallest absolute Gasteiger partial charge is 0.338 e. The van der Waals surface area contributed by atoms with Gasteiger partial charge in [-0.05, 0) is 42.7 Å². The fraction of sp³-hybridized carbons (Fsp3) is 0.304. The number of imide groups is 1. The van der Waals surface area contributed by atoms with Gasteiger partial charge in [0.05, 0.1) is 16.7 Å². The Morgan fingerprint density at radius 3 is 2.56 bits per heavy atom. The molecule has 0 saturated heterocycles. The van der Waals surface area contributed by atoms with E-state index in [1.54, 1.807) is 18.2 Å². The van der Waals surface area contributed by atoms with Crippen molar-refractivity contribution in [2.75, 3.05) is 25.3 Å². The lowest BCUT2D eigenvalue weighted by atomic mass is 10.1. The highest BCUT2D eigenvalue weighted by molar-refractivity contribution is 6.22. The number of nitrogens with one attached hydrogen (secondary N) is 1. The minimum absolute atomic E-state index is 0.0893. The van der Waals surface area contributed by atoms with E-state index in [1.165, 1.54) is 23.1 Å². The van der Waals surface area contributed by atoms with Crippen molar-refractivity contribution in [3.8, 4) is 11.5 Å². The maximum Gasteiger partial charge on any atom is 0.338 e. The molecule has 0 unspecified atom stereocenters. The largest absolute Gasteiger partial charge is 0.454 e. The SMILES string of the molecule is CC(C)CCN1C(=O)c2ccc(C(=O)OCC(=O)Nc3ccc4c(c3)OCO4)cc2C1=O. The van der Waals surface area contributed by atoms with Crippen LogP contribution in [0.5, 0.6) is 11.5 Å². The lowest BCUT2D eigenvalue weighted by Gasteiger charge is -2.14. The zero-order valence-corrected chi connectivity index (χ0v) is 17.7. The summed E-state index contributed by atoms with van der Waals surface area (Å²) < 4.78 is 15.5. The van der Waals surface area contributed by atoms with E-state index in [2.05, 4.69) is 5.32 Å². The Hall–Kier alpha value is -3.88. The molecule has 4 rings (SSSR count). The number of hydrogen-bond acceptors (Lipinski definition) is 7. The van der Waals surface area contributed by atoms with Crippen LogP contribution in [0.2, 0.25) is 0 Å². The van der Waals surface area contributed by atoms with E-state index in [0.717, 1.165) is 0 Å². The number of hydrogen-bond donors (Lipinski definition) is 1. The zero-order valence-electron chi connectivity index (χ0n) is 17.7. The monoisotopic (exact) mass is 438 g/mol. The van der Waals surface area contributed by atoms with Crippen molar-refractivity contribution in [2.24, 2.45) is 5.92 Å². The fourth-order valence-corrected chi connectivity index (χ4v) is 3.39. The Balaban J connectivity index is 1.36. The maximum absolute atomic E-state index is 12.6. The summed E-state index contributed by atoms with van der Waals surface area (Å²) in [5.41, 5.74) is 0.985. The minimum atomic E-state index is -0.769. The number of rotatable bonds is 7. The van der Waals surface area contributed by atoms with E-state index in [9.17, 15) is 19.2 Å². The summed E-state index contributed by atoms with van der Waals surface area (Å²) in [6, 6.07) is 9.10. The van der Waals surface area contributed by atoms with Crippen molar-refractivity contribution in [2.45, 2.75) is 20.3 Å². The van der Waals surface area contributed by atoms with Gasteiger partial charge in [-0.2, -0.15) is 0 Å². The van der Waals surface area contributed by atoms with Gasteiger partial charge in [-0.3, -0.25) is 19.3 Å². The summed E-state index contributed by atoms with van der Waals surface area (Å²) in [6.45, 7) is 3.94. The molecule has 2 aliphatic heterocycles. The molecule has 166 valence electrons. The molecule has 0 aliphatic carbocycles. The van der Waals surface area contributed by atoms with Crippen molar-refractivity contribution >= 4 is 29.4 Å². The predicted octanol–water partition coefficient (Wildman–Crippen LogP) is 2.85. The summed E-state index contributed by atoms with van der Waals surface area (Å²) in [6.07, 6.45) is 0.693. The topological polar surface area (TPSA) is 111 Å². The Bertz CT molecular complexity index is 1110. The molecule has 0 saturated carbocycles.